The minimum Gasteiger partial charge on any atom is -0.383 e. The molecule has 0 saturated heterocycles. The van der Waals surface area contributed by atoms with Gasteiger partial charge in [0.2, 0.25) is 0 Å². The molecular formula is C8H15N3O2. The van der Waals surface area contributed by atoms with Crippen molar-refractivity contribution in [1.82, 2.24) is 5.32 Å². The van der Waals surface area contributed by atoms with Gasteiger partial charge in [-0.1, -0.05) is 0 Å². The van der Waals surface area contributed by atoms with Gasteiger partial charge in [0.25, 0.3) is 0 Å². The van der Waals surface area contributed by atoms with Gasteiger partial charge in [-0.2, -0.15) is 0 Å². The zero-order valence-electron chi connectivity index (χ0n) is 7.93. The molecular weight excluding hydrogens is 170 g/mol. The number of rotatable bonds is 7. The first kappa shape index (κ1) is 11.9. The summed E-state index contributed by atoms with van der Waals surface area (Å²) in [6.45, 7) is 3.28. The highest BCUT2D eigenvalue weighted by Crippen LogP contribution is 1.81. The maximum absolute atomic E-state index is 9.82. The predicted molar refractivity (Wildman–Crippen MR) is 52.4 cm³/mol. The largest absolute Gasteiger partial charge is 0.383 e. The molecule has 0 heterocycles. The number of carbonyl (C=O) groups is 1. The predicted octanol–water partition coefficient (Wildman–Crippen LogP) is -0.134. The molecule has 0 rings (SSSR count). The average Bonchev–Trinajstić information content (AvgIpc) is 2.13. The number of aldehydes is 1. The number of ether oxygens (including phenoxy) is 1. The van der Waals surface area contributed by atoms with E-state index in [1.807, 2.05) is 6.92 Å². The molecule has 0 aliphatic rings. The molecule has 0 amide bonds. The van der Waals surface area contributed by atoms with Gasteiger partial charge in [0, 0.05) is 13.7 Å². The van der Waals surface area contributed by atoms with Crippen LogP contribution in [0.1, 0.15) is 6.92 Å². The molecule has 0 fully saturated rings. The van der Waals surface area contributed by atoms with Crippen molar-refractivity contribution in [3.63, 3.8) is 0 Å². The molecule has 0 aromatic carbocycles. The van der Waals surface area contributed by atoms with Crippen LogP contribution < -0.4 is 5.32 Å². The van der Waals surface area contributed by atoms with E-state index in [1.54, 1.807) is 7.11 Å². The Morgan fingerprint density at radius 3 is 3.00 bits per heavy atom. The second-order valence-corrected chi connectivity index (χ2v) is 2.32. The van der Waals surface area contributed by atoms with E-state index in [9.17, 15) is 4.79 Å². The van der Waals surface area contributed by atoms with Crippen molar-refractivity contribution in [3.8, 4) is 0 Å². The summed E-state index contributed by atoms with van der Waals surface area (Å²) in [4.78, 5) is 17.4. The fourth-order valence-corrected chi connectivity index (χ4v) is 0.635. The van der Waals surface area contributed by atoms with E-state index in [4.69, 9.17) is 4.74 Å². The monoisotopic (exact) mass is 185 g/mol. The van der Waals surface area contributed by atoms with Crippen LogP contribution in [0.4, 0.5) is 0 Å². The molecule has 0 spiro atoms. The highest BCUT2D eigenvalue weighted by Gasteiger charge is 1.93. The van der Waals surface area contributed by atoms with Gasteiger partial charge >= 0.3 is 0 Å². The van der Waals surface area contributed by atoms with E-state index in [-0.39, 0.29) is 6.17 Å². The molecule has 5 heteroatoms. The fraction of sp³-hybridized carbons (Fsp3) is 0.625. The lowest BCUT2D eigenvalue weighted by molar-refractivity contribution is -0.102. The first-order valence-electron chi connectivity index (χ1n) is 4.02. The smallest absolute Gasteiger partial charge is 0.161 e. The summed E-state index contributed by atoms with van der Waals surface area (Å²) in [7, 11) is 1.64. The minimum absolute atomic E-state index is 0.0149. The lowest BCUT2D eigenvalue weighted by atomic mass is 10.5. The van der Waals surface area contributed by atoms with Gasteiger partial charge in [-0.15, -0.1) is 0 Å². The van der Waals surface area contributed by atoms with E-state index < -0.39 is 0 Å². The van der Waals surface area contributed by atoms with Gasteiger partial charge in [-0.25, -0.2) is 4.99 Å². The van der Waals surface area contributed by atoms with Crippen molar-refractivity contribution in [2.24, 2.45) is 9.98 Å². The summed E-state index contributed by atoms with van der Waals surface area (Å²) in [5.74, 6) is 0. The summed E-state index contributed by atoms with van der Waals surface area (Å²) >= 11 is 0. The number of aliphatic imine (C=N–C) groups is 2. The highest BCUT2D eigenvalue weighted by molar-refractivity contribution is 6.14. The van der Waals surface area contributed by atoms with Crippen LogP contribution in [-0.4, -0.2) is 45.3 Å². The molecule has 1 atom stereocenters. The molecule has 1 N–H and O–H groups in total. The molecule has 74 valence electrons. The second kappa shape index (κ2) is 9.02. The molecule has 0 aromatic heterocycles. The van der Waals surface area contributed by atoms with E-state index in [0.29, 0.717) is 12.9 Å². The third-order valence-corrected chi connectivity index (χ3v) is 1.25. The number of nitrogens with one attached hydrogen (secondary N) is 1. The number of hydrogen-bond donors (Lipinski definition) is 1. The van der Waals surface area contributed by atoms with Crippen LogP contribution in [0.5, 0.6) is 0 Å². The molecule has 0 saturated carbocycles. The summed E-state index contributed by atoms with van der Waals surface area (Å²) in [5.41, 5.74) is 0. The Labute approximate surface area is 77.9 Å². The first-order chi connectivity index (χ1) is 6.31. The molecule has 13 heavy (non-hydrogen) atoms. The normalized spacial score (nSPS) is 14.0. The summed E-state index contributed by atoms with van der Waals surface area (Å²) in [6.07, 6.45) is 3.08. The molecule has 5 nitrogen and oxygen atoms in total. The molecule has 0 bridgehead atoms. The average molecular weight is 185 g/mol. The van der Waals surface area contributed by atoms with E-state index in [1.165, 1.54) is 6.34 Å². The van der Waals surface area contributed by atoms with Crippen LogP contribution in [0.2, 0.25) is 0 Å². The molecule has 1 unspecified atom stereocenters. The minimum atomic E-state index is -0.0149. The van der Waals surface area contributed by atoms with Crippen LogP contribution in [0.25, 0.3) is 0 Å². The van der Waals surface area contributed by atoms with Gasteiger partial charge in [-0.05, 0) is 6.92 Å². The highest BCUT2D eigenvalue weighted by atomic mass is 16.5. The first-order valence-corrected chi connectivity index (χ1v) is 4.02. The van der Waals surface area contributed by atoms with Crippen LogP contribution in [0, 0.1) is 0 Å². The third-order valence-electron chi connectivity index (χ3n) is 1.25. The Morgan fingerprint density at radius 1 is 1.62 bits per heavy atom. The van der Waals surface area contributed by atoms with Crippen molar-refractivity contribution in [2.45, 2.75) is 13.1 Å². The van der Waals surface area contributed by atoms with Gasteiger partial charge in [0.05, 0.1) is 19.0 Å². The quantitative estimate of drug-likeness (QED) is 0.260. The SMILES string of the molecule is COCCNC(C)/N=C\N=C\C=O. The number of nitrogens with zero attached hydrogens (tertiary/aromatic N) is 2. The Kier molecular flexibility index (Phi) is 8.28. The topological polar surface area (TPSA) is 63.0 Å². The lowest BCUT2D eigenvalue weighted by Gasteiger charge is -2.06. The Bertz CT molecular complexity index is 180. The summed E-state index contributed by atoms with van der Waals surface area (Å²) in [5, 5.41) is 3.08. The maximum atomic E-state index is 9.82. The number of methoxy groups -OCH3 is 1. The Balaban J connectivity index is 3.48. The second-order valence-electron chi connectivity index (χ2n) is 2.32. The van der Waals surface area contributed by atoms with Gasteiger partial charge in [0.1, 0.15) is 6.34 Å². The van der Waals surface area contributed by atoms with Crippen molar-refractivity contribution in [1.29, 1.82) is 0 Å². The van der Waals surface area contributed by atoms with E-state index >= 15 is 0 Å². The maximum Gasteiger partial charge on any atom is 0.161 e. The zero-order valence-corrected chi connectivity index (χ0v) is 7.93. The lowest BCUT2D eigenvalue weighted by Crippen LogP contribution is -2.27. The molecule has 0 aliphatic heterocycles. The third kappa shape index (κ3) is 8.84. The van der Waals surface area contributed by atoms with Gasteiger partial charge in [-0.3, -0.25) is 15.1 Å². The van der Waals surface area contributed by atoms with Crippen molar-refractivity contribution in [3.05, 3.63) is 0 Å². The number of hydrogen-bond acceptors (Lipinski definition) is 4. The Morgan fingerprint density at radius 2 is 2.38 bits per heavy atom. The van der Waals surface area contributed by atoms with Crippen LogP contribution >= 0.6 is 0 Å². The molecule has 0 aromatic rings. The van der Waals surface area contributed by atoms with E-state index in [0.717, 1.165) is 12.8 Å². The van der Waals surface area contributed by atoms with Crippen molar-refractivity contribution < 1.29 is 9.53 Å². The zero-order chi connectivity index (χ0) is 9.94. The van der Waals surface area contributed by atoms with Crippen molar-refractivity contribution in [2.75, 3.05) is 20.3 Å². The van der Waals surface area contributed by atoms with Gasteiger partial charge < -0.3 is 4.74 Å². The Hall–Kier alpha value is -1.07. The van der Waals surface area contributed by atoms with Crippen LogP contribution in [-0.2, 0) is 9.53 Å². The number of carbonyl (C=O) groups excluding carboxylic acids is 1. The summed E-state index contributed by atoms with van der Waals surface area (Å²) in [6, 6.07) is 0. The fourth-order valence-electron chi connectivity index (χ4n) is 0.635. The van der Waals surface area contributed by atoms with E-state index in [2.05, 4.69) is 15.3 Å². The molecule has 0 radical (unpaired) electrons. The summed E-state index contributed by atoms with van der Waals surface area (Å²) < 4.78 is 4.84. The van der Waals surface area contributed by atoms with Crippen LogP contribution in [0.3, 0.4) is 0 Å². The molecule has 0 aliphatic carbocycles. The van der Waals surface area contributed by atoms with Crippen molar-refractivity contribution >= 4 is 18.8 Å². The van der Waals surface area contributed by atoms with Crippen LogP contribution in [0.15, 0.2) is 9.98 Å². The van der Waals surface area contributed by atoms with Gasteiger partial charge in [0.15, 0.2) is 6.29 Å². The standard InChI is InChI=1S/C8H15N3O2/c1-8(10-4-6-13-2)11-7-9-3-5-12/h3,5,7-8,10H,4,6H2,1-2H3/b9-3+,11-7-.